The van der Waals surface area contributed by atoms with Gasteiger partial charge >= 0.3 is 0 Å². The summed E-state index contributed by atoms with van der Waals surface area (Å²) in [5.74, 6) is 0.388. The first-order valence-corrected chi connectivity index (χ1v) is 10.5. The van der Waals surface area contributed by atoms with Crippen LogP contribution in [0.2, 0.25) is 4.34 Å². The minimum Gasteiger partial charge on any atom is -0.361 e. The predicted molar refractivity (Wildman–Crippen MR) is 98.4 cm³/mol. The molecule has 126 valence electrons. The summed E-state index contributed by atoms with van der Waals surface area (Å²) in [5, 5.41) is 1.24. The Morgan fingerprint density at radius 1 is 1.12 bits per heavy atom. The van der Waals surface area contributed by atoms with E-state index in [0.29, 0.717) is 27.6 Å². The number of hydrogen-bond acceptors (Lipinski definition) is 3. The van der Waals surface area contributed by atoms with Gasteiger partial charge in [0.2, 0.25) is 0 Å². The van der Waals surface area contributed by atoms with E-state index in [4.69, 9.17) is 11.6 Å². The van der Waals surface area contributed by atoms with Gasteiger partial charge in [-0.25, -0.2) is 8.42 Å². The van der Waals surface area contributed by atoms with Gasteiger partial charge in [-0.2, -0.15) is 4.31 Å². The lowest BCUT2D eigenvalue weighted by Crippen LogP contribution is -2.37. The summed E-state index contributed by atoms with van der Waals surface area (Å²) >= 11 is 7.00. The Morgan fingerprint density at radius 3 is 2.58 bits per heavy atom. The lowest BCUT2D eigenvalue weighted by molar-refractivity contribution is 0.321. The molecule has 3 heterocycles. The van der Waals surface area contributed by atoms with E-state index in [1.54, 1.807) is 16.4 Å². The summed E-state index contributed by atoms with van der Waals surface area (Å²) in [6.07, 6.45) is 3.74. The lowest BCUT2D eigenvalue weighted by Gasteiger charge is -2.30. The molecule has 1 fully saturated rings. The molecule has 1 saturated heterocycles. The van der Waals surface area contributed by atoms with E-state index in [1.165, 1.54) is 10.9 Å². The van der Waals surface area contributed by atoms with Crippen LogP contribution in [0.3, 0.4) is 0 Å². The number of aromatic nitrogens is 1. The Kier molecular flexibility index (Phi) is 4.16. The maximum absolute atomic E-state index is 12.7. The van der Waals surface area contributed by atoms with Gasteiger partial charge in [0.25, 0.3) is 10.0 Å². The number of piperidine rings is 1. The highest BCUT2D eigenvalue weighted by Crippen LogP contribution is 2.36. The fourth-order valence-corrected chi connectivity index (χ4v) is 6.51. The number of aromatic amines is 1. The standard InChI is InChI=1S/C17H17ClN2O2S2/c18-16-5-6-17(23-16)24(21,22)20-9-7-12(8-10-20)14-11-19-15-4-2-1-3-13(14)15/h1-6,11-12,19H,7-10H2. The summed E-state index contributed by atoms with van der Waals surface area (Å²) in [7, 11) is -3.42. The maximum atomic E-state index is 12.7. The molecular weight excluding hydrogens is 364 g/mol. The van der Waals surface area contributed by atoms with Crippen molar-refractivity contribution in [1.82, 2.24) is 9.29 Å². The van der Waals surface area contributed by atoms with Gasteiger partial charge in [0.15, 0.2) is 0 Å². The highest BCUT2D eigenvalue weighted by atomic mass is 35.5. The van der Waals surface area contributed by atoms with Crippen molar-refractivity contribution >= 4 is 43.9 Å². The topological polar surface area (TPSA) is 53.2 Å². The second-order valence-corrected chi connectivity index (χ2v) is 9.91. The van der Waals surface area contributed by atoms with Crippen LogP contribution in [0, 0.1) is 0 Å². The molecule has 4 rings (SSSR count). The molecule has 1 N–H and O–H groups in total. The summed E-state index contributed by atoms with van der Waals surface area (Å²) in [6, 6.07) is 11.5. The molecule has 0 radical (unpaired) electrons. The van der Waals surface area contributed by atoms with Crippen LogP contribution >= 0.6 is 22.9 Å². The first kappa shape index (κ1) is 16.1. The molecular formula is C17H17ClN2O2S2. The van der Waals surface area contributed by atoms with Crippen molar-refractivity contribution in [2.45, 2.75) is 23.0 Å². The molecule has 1 aromatic carbocycles. The number of benzene rings is 1. The third kappa shape index (κ3) is 2.77. The molecule has 2 aromatic heterocycles. The van der Waals surface area contributed by atoms with Gasteiger partial charge < -0.3 is 4.98 Å². The third-order valence-corrected chi connectivity index (χ3v) is 8.25. The fraction of sp³-hybridized carbons (Fsp3) is 0.294. The van der Waals surface area contributed by atoms with Crippen molar-refractivity contribution in [2.75, 3.05) is 13.1 Å². The van der Waals surface area contributed by atoms with Gasteiger partial charge in [0, 0.05) is 30.2 Å². The minimum absolute atomic E-state index is 0.332. The Labute approximate surface area is 150 Å². The monoisotopic (exact) mass is 380 g/mol. The number of nitrogens with one attached hydrogen (secondary N) is 1. The molecule has 7 heteroatoms. The SMILES string of the molecule is O=S(=O)(c1ccc(Cl)s1)N1CCC(c2c[nH]c3ccccc23)CC1. The number of halogens is 1. The first-order valence-electron chi connectivity index (χ1n) is 7.87. The summed E-state index contributed by atoms with van der Waals surface area (Å²) in [5.41, 5.74) is 2.43. The largest absolute Gasteiger partial charge is 0.361 e. The highest BCUT2D eigenvalue weighted by molar-refractivity contribution is 7.91. The average Bonchev–Trinajstić information content (AvgIpc) is 3.21. The smallest absolute Gasteiger partial charge is 0.252 e. The van der Waals surface area contributed by atoms with Crippen LogP contribution in [0.4, 0.5) is 0 Å². The van der Waals surface area contributed by atoms with E-state index in [1.807, 2.05) is 12.1 Å². The molecule has 0 atom stereocenters. The van der Waals surface area contributed by atoms with Crippen LogP contribution < -0.4 is 0 Å². The van der Waals surface area contributed by atoms with Crippen molar-refractivity contribution < 1.29 is 8.42 Å². The molecule has 3 aromatic rings. The van der Waals surface area contributed by atoms with Crippen molar-refractivity contribution in [1.29, 1.82) is 0 Å². The number of rotatable bonds is 3. The van der Waals surface area contributed by atoms with Crippen molar-refractivity contribution in [3.8, 4) is 0 Å². The highest BCUT2D eigenvalue weighted by Gasteiger charge is 2.31. The van der Waals surface area contributed by atoms with Gasteiger partial charge in [-0.05, 0) is 42.5 Å². The molecule has 0 saturated carbocycles. The first-order chi connectivity index (χ1) is 11.6. The summed E-state index contributed by atoms with van der Waals surface area (Å²) < 4.78 is 27.8. The second-order valence-electron chi connectivity index (χ2n) is 6.03. The third-order valence-electron chi connectivity index (χ3n) is 4.66. The summed E-state index contributed by atoms with van der Waals surface area (Å²) in [6.45, 7) is 1.09. The molecule has 0 amide bonds. The summed E-state index contributed by atoms with van der Waals surface area (Å²) in [4.78, 5) is 3.31. The molecule has 4 nitrogen and oxygen atoms in total. The Morgan fingerprint density at radius 2 is 1.88 bits per heavy atom. The number of para-hydroxylation sites is 1. The van der Waals surface area contributed by atoms with Gasteiger partial charge in [-0.3, -0.25) is 0 Å². The van der Waals surface area contributed by atoms with Gasteiger partial charge in [0.1, 0.15) is 4.21 Å². The Bertz CT molecular complexity index is 969. The van der Waals surface area contributed by atoms with Crippen LogP contribution in [-0.4, -0.2) is 30.8 Å². The van der Waals surface area contributed by atoms with Crippen molar-refractivity contribution in [2.24, 2.45) is 0 Å². The van der Waals surface area contributed by atoms with Gasteiger partial charge in [0.05, 0.1) is 4.34 Å². The predicted octanol–water partition coefficient (Wildman–Crippen LogP) is 4.45. The molecule has 0 spiro atoms. The zero-order valence-corrected chi connectivity index (χ0v) is 15.3. The average molecular weight is 381 g/mol. The molecule has 1 aliphatic heterocycles. The normalized spacial score (nSPS) is 17.5. The van der Waals surface area contributed by atoms with E-state index in [9.17, 15) is 8.42 Å². The number of thiophene rings is 1. The number of sulfonamides is 1. The van der Waals surface area contributed by atoms with E-state index in [0.717, 1.165) is 29.7 Å². The maximum Gasteiger partial charge on any atom is 0.252 e. The molecule has 0 aliphatic carbocycles. The van der Waals surface area contributed by atoms with Gasteiger partial charge in [-0.15, -0.1) is 11.3 Å². The fourth-order valence-electron chi connectivity index (χ4n) is 3.40. The van der Waals surface area contributed by atoms with Crippen molar-refractivity contribution in [3.63, 3.8) is 0 Å². The van der Waals surface area contributed by atoms with E-state index < -0.39 is 10.0 Å². The lowest BCUT2D eigenvalue weighted by atomic mass is 9.90. The Hall–Kier alpha value is -1.34. The second kappa shape index (κ2) is 6.19. The zero-order valence-electron chi connectivity index (χ0n) is 12.9. The van der Waals surface area contributed by atoms with Crippen LogP contribution in [0.15, 0.2) is 46.8 Å². The van der Waals surface area contributed by atoms with Crippen LogP contribution in [0.25, 0.3) is 10.9 Å². The van der Waals surface area contributed by atoms with Crippen LogP contribution in [-0.2, 0) is 10.0 Å². The molecule has 24 heavy (non-hydrogen) atoms. The van der Waals surface area contributed by atoms with Crippen LogP contribution in [0.1, 0.15) is 24.3 Å². The van der Waals surface area contributed by atoms with Crippen molar-refractivity contribution in [3.05, 3.63) is 52.5 Å². The molecule has 0 unspecified atom stereocenters. The molecule has 1 aliphatic rings. The van der Waals surface area contributed by atoms with E-state index in [2.05, 4.69) is 23.3 Å². The van der Waals surface area contributed by atoms with E-state index >= 15 is 0 Å². The minimum atomic E-state index is -3.42. The number of H-pyrrole nitrogens is 1. The number of hydrogen-bond donors (Lipinski definition) is 1. The van der Waals surface area contributed by atoms with Crippen LogP contribution in [0.5, 0.6) is 0 Å². The van der Waals surface area contributed by atoms with E-state index in [-0.39, 0.29) is 0 Å². The quantitative estimate of drug-likeness (QED) is 0.729. The van der Waals surface area contributed by atoms with Gasteiger partial charge in [-0.1, -0.05) is 29.8 Å². The Balaban J connectivity index is 1.53. The zero-order chi connectivity index (χ0) is 16.7. The number of fused-ring (bicyclic) bond motifs is 1. The molecule has 0 bridgehead atoms. The number of nitrogens with zero attached hydrogens (tertiary/aromatic N) is 1.